The maximum Gasteiger partial charge on any atom is 0.751 e. The van der Waals surface area contributed by atoms with E-state index in [0.29, 0.717) is 26.2 Å². The standard InChI is InChI=1S/C12H26O5Si/c1-7-12(5,6)11(13)17-18(14-8-2,15-9-3)16-10-4/h7-10H2,1-6H3. The Morgan fingerprint density at radius 1 is 0.944 bits per heavy atom. The van der Waals surface area contributed by atoms with Gasteiger partial charge in [0.05, 0.1) is 5.41 Å². The Morgan fingerprint density at radius 2 is 1.33 bits per heavy atom. The SMILES string of the molecule is CCO[Si](OCC)(OCC)OC(=O)C(C)(C)CC. The average molecular weight is 278 g/mol. The Kier molecular flexibility index (Phi) is 7.69. The largest absolute Gasteiger partial charge is 0.751 e. The first kappa shape index (κ1) is 17.6. The van der Waals surface area contributed by atoms with Crippen LogP contribution in [0.15, 0.2) is 0 Å². The molecule has 0 unspecified atom stereocenters. The van der Waals surface area contributed by atoms with Gasteiger partial charge in [-0.3, -0.25) is 4.79 Å². The van der Waals surface area contributed by atoms with E-state index in [-0.39, 0.29) is 5.97 Å². The van der Waals surface area contributed by atoms with Crippen molar-refractivity contribution < 1.29 is 22.5 Å². The molecule has 0 aromatic heterocycles. The number of hydrogen-bond acceptors (Lipinski definition) is 5. The minimum Gasteiger partial charge on any atom is -0.451 e. The van der Waals surface area contributed by atoms with E-state index in [1.807, 2.05) is 41.5 Å². The predicted octanol–water partition coefficient (Wildman–Crippen LogP) is 2.51. The highest BCUT2D eigenvalue weighted by atomic mass is 28.4. The third-order valence-corrected chi connectivity index (χ3v) is 4.98. The van der Waals surface area contributed by atoms with Crippen LogP contribution < -0.4 is 0 Å². The monoisotopic (exact) mass is 278 g/mol. The van der Waals surface area contributed by atoms with Crippen molar-refractivity contribution in [2.24, 2.45) is 5.41 Å². The first-order valence-corrected chi connectivity index (χ1v) is 8.16. The molecule has 0 aromatic rings. The summed E-state index contributed by atoms with van der Waals surface area (Å²) in [5.41, 5.74) is -0.566. The van der Waals surface area contributed by atoms with Gasteiger partial charge in [-0.2, -0.15) is 0 Å². The normalized spacial score (nSPS) is 12.6. The van der Waals surface area contributed by atoms with E-state index < -0.39 is 14.5 Å². The highest BCUT2D eigenvalue weighted by Crippen LogP contribution is 2.25. The van der Waals surface area contributed by atoms with Crippen LogP contribution in [-0.4, -0.2) is 34.8 Å². The molecule has 0 radical (unpaired) electrons. The van der Waals surface area contributed by atoms with Gasteiger partial charge in [-0.05, 0) is 41.0 Å². The second kappa shape index (κ2) is 7.88. The molecule has 108 valence electrons. The molecule has 0 fully saturated rings. The van der Waals surface area contributed by atoms with Gasteiger partial charge in [-0.25, -0.2) is 0 Å². The Labute approximate surface area is 111 Å². The molecule has 5 nitrogen and oxygen atoms in total. The third-order valence-electron chi connectivity index (χ3n) is 2.62. The molecule has 0 rings (SSSR count). The van der Waals surface area contributed by atoms with Crippen LogP contribution in [0, 0.1) is 5.41 Å². The van der Waals surface area contributed by atoms with Gasteiger partial charge in [-0.15, -0.1) is 0 Å². The van der Waals surface area contributed by atoms with E-state index >= 15 is 0 Å². The lowest BCUT2D eigenvalue weighted by Gasteiger charge is -2.30. The van der Waals surface area contributed by atoms with E-state index in [9.17, 15) is 4.79 Å². The molecular formula is C12H26O5Si. The molecule has 0 amide bonds. The topological polar surface area (TPSA) is 54.0 Å². The minimum absolute atomic E-state index is 0.341. The summed E-state index contributed by atoms with van der Waals surface area (Å²) in [6.07, 6.45) is 0.681. The molecule has 0 atom stereocenters. The van der Waals surface area contributed by atoms with Gasteiger partial charge < -0.3 is 17.7 Å². The van der Waals surface area contributed by atoms with Crippen LogP contribution >= 0.6 is 0 Å². The summed E-state index contributed by atoms with van der Waals surface area (Å²) in [7, 11) is -3.33. The van der Waals surface area contributed by atoms with Crippen LogP contribution in [0.4, 0.5) is 0 Å². The van der Waals surface area contributed by atoms with Gasteiger partial charge in [0.1, 0.15) is 0 Å². The van der Waals surface area contributed by atoms with E-state index in [2.05, 4.69) is 0 Å². The molecule has 0 aromatic carbocycles. The number of rotatable bonds is 9. The summed E-state index contributed by atoms with van der Waals surface area (Å²) in [5.74, 6) is -0.341. The van der Waals surface area contributed by atoms with Crippen LogP contribution in [0.2, 0.25) is 0 Å². The van der Waals surface area contributed by atoms with Crippen molar-refractivity contribution in [2.75, 3.05) is 19.8 Å². The van der Waals surface area contributed by atoms with E-state index in [4.69, 9.17) is 17.7 Å². The van der Waals surface area contributed by atoms with E-state index in [0.717, 1.165) is 0 Å². The zero-order chi connectivity index (χ0) is 14.2. The number of carbonyl (C=O) groups is 1. The molecule has 0 bridgehead atoms. The van der Waals surface area contributed by atoms with Gasteiger partial charge in [0, 0.05) is 19.8 Å². The number of hydrogen-bond donors (Lipinski definition) is 0. The van der Waals surface area contributed by atoms with Crippen LogP contribution in [-0.2, 0) is 22.5 Å². The predicted molar refractivity (Wildman–Crippen MR) is 70.8 cm³/mol. The van der Waals surface area contributed by atoms with Crippen LogP contribution in [0.1, 0.15) is 48.0 Å². The van der Waals surface area contributed by atoms with Crippen LogP contribution in [0.25, 0.3) is 0 Å². The Morgan fingerprint density at radius 3 is 1.61 bits per heavy atom. The lowest BCUT2D eigenvalue weighted by Crippen LogP contribution is -2.52. The Bertz CT molecular complexity index is 238. The summed E-state index contributed by atoms with van der Waals surface area (Å²) >= 11 is 0. The number of carbonyl (C=O) groups excluding carboxylic acids is 1. The van der Waals surface area contributed by atoms with Crippen molar-refractivity contribution in [2.45, 2.75) is 48.0 Å². The summed E-state index contributed by atoms with van der Waals surface area (Å²) in [6, 6.07) is 0. The molecule has 18 heavy (non-hydrogen) atoms. The maximum absolute atomic E-state index is 12.1. The zero-order valence-corrected chi connectivity index (χ0v) is 13.4. The fourth-order valence-corrected chi connectivity index (χ4v) is 3.13. The average Bonchev–Trinajstić information content (AvgIpc) is 2.30. The van der Waals surface area contributed by atoms with Crippen LogP contribution in [0.3, 0.4) is 0 Å². The first-order valence-electron chi connectivity index (χ1n) is 6.52. The highest BCUT2D eigenvalue weighted by Gasteiger charge is 2.51. The Balaban J connectivity index is 4.90. The molecule has 0 saturated heterocycles. The lowest BCUT2D eigenvalue weighted by molar-refractivity contribution is -0.154. The second-order valence-corrected chi connectivity index (χ2v) is 6.50. The van der Waals surface area contributed by atoms with Crippen molar-refractivity contribution in [1.82, 2.24) is 0 Å². The van der Waals surface area contributed by atoms with E-state index in [1.165, 1.54) is 0 Å². The molecule has 6 heteroatoms. The zero-order valence-electron chi connectivity index (χ0n) is 12.4. The Hall–Kier alpha value is -0.433. The molecule has 0 saturated carbocycles. The molecule has 0 heterocycles. The van der Waals surface area contributed by atoms with Crippen molar-refractivity contribution >= 4 is 15.0 Å². The van der Waals surface area contributed by atoms with Gasteiger partial charge in [0.15, 0.2) is 0 Å². The summed E-state index contributed by atoms with van der Waals surface area (Å²) in [4.78, 5) is 12.1. The van der Waals surface area contributed by atoms with Crippen molar-refractivity contribution in [3.05, 3.63) is 0 Å². The maximum atomic E-state index is 12.1. The quantitative estimate of drug-likeness (QED) is 0.607. The van der Waals surface area contributed by atoms with Gasteiger partial charge in [-0.1, -0.05) is 6.92 Å². The fraction of sp³-hybridized carbons (Fsp3) is 0.917. The smallest absolute Gasteiger partial charge is 0.451 e. The molecule has 0 spiro atoms. The molecule has 0 aliphatic rings. The highest BCUT2D eigenvalue weighted by molar-refractivity contribution is 6.55. The fourth-order valence-electron chi connectivity index (χ4n) is 1.14. The minimum atomic E-state index is -3.33. The van der Waals surface area contributed by atoms with Gasteiger partial charge in [0.2, 0.25) is 0 Å². The molecular weight excluding hydrogens is 252 g/mol. The summed E-state index contributed by atoms with van der Waals surface area (Å²) < 4.78 is 21.9. The molecule has 0 aliphatic heterocycles. The summed E-state index contributed by atoms with van der Waals surface area (Å²) in [5, 5.41) is 0. The van der Waals surface area contributed by atoms with Crippen molar-refractivity contribution in [3.63, 3.8) is 0 Å². The van der Waals surface area contributed by atoms with Crippen molar-refractivity contribution in [1.29, 1.82) is 0 Å². The van der Waals surface area contributed by atoms with Crippen molar-refractivity contribution in [3.8, 4) is 0 Å². The lowest BCUT2D eigenvalue weighted by atomic mass is 9.91. The second-order valence-electron chi connectivity index (χ2n) is 4.43. The third kappa shape index (κ3) is 5.05. The van der Waals surface area contributed by atoms with E-state index in [1.54, 1.807) is 0 Å². The molecule has 0 aliphatic carbocycles. The first-order chi connectivity index (χ1) is 8.37. The molecule has 0 N–H and O–H groups in total. The van der Waals surface area contributed by atoms with Gasteiger partial charge in [0.25, 0.3) is 0 Å². The van der Waals surface area contributed by atoms with Crippen LogP contribution in [0.5, 0.6) is 0 Å². The summed E-state index contributed by atoms with van der Waals surface area (Å²) in [6.45, 7) is 12.2. The van der Waals surface area contributed by atoms with Gasteiger partial charge >= 0.3 is 15.0 Å².